The molecule has 0 spiro atoms. The lowest BCUT2D eigenvalue weighted by Gasteiger charge is -2.31. The maximum Gasteiger partial charge on any atom is 0.573 e. The lowest BCUT2D eigenvalue weighted by molar-refractivity contribution is -0.305. The predicted octanol–water partition coefficient (Wildman–Crippen LogP) is -1.37. The Labute approximate surface area is 195 Å². The van der Waals surface area contributed by atoms with Crippen LogP contribution in [0.3, 0.4) is 0 Å². The number of carboxylic acids is 1. The zero-order valence-corrected chi connectivity index (χ0v) is 17.9. The summed E-state index contributed by atoms with van der Waals surface area (Å²) in [4.78, 5) is 46.8. The van der Waals surface area contributed by atoms with Gasteiger partial charge in [-0.1, -0.05) is 6.08 Å². The lowest BCUT2D eigenvalue weighted by Crippen LogP contribution is -2.53. The highest BCUT2D eigenvalue weighted by Crippen LogP contribution is 2.24. The van der Waals surface area contributed by atoms with Gasteiger partial charge in [-0.3, -0.25) is 9.59 Å². The number of ether oxygens (including phenoxy) is 1. The van der Waals surface area contributed by atoms with E-state index in [-0.39, 0.29) is 24.1 Å². The minimum absolute atomic E-state index is 0.0713. The number of primary amides is 1. The third-order valence-electron chi connectivity index (χ3n) is 4.79. The smallest absolute Gasteiger partial charge is 0.550 e. The van der Waals surface area contributed by atoms with E-state index in [1.54, 1.807) is 0 Å². The van der Waals surface area contributed by atoms with Crippen LogP contribution in [0.1, 0.15) is 19.3 Å². The Morgan fingerprint density at radius 1 is 1.17 bits per heavy atom. The van der Waals surface area contributed by atoms with Crippen molar-refractivity contribution in [3.8, 4) is 5.75 Å². The number of halogens is 3. The molecule has 4 atom stereocenters. The van der Waals surface area contributed by atoms with E-state index in [1.807, 2.05) is 0 Å². The van der Waals surface area contributed by atoms with Gasteiger partial charge >= 0.3 is 12.4 Å². The molecular weight excluding hydrogens is 481 g/mol. The highest BCUT2D eigenvalue weighted by Gasteiger charge is 2.34. The SMILES string of the molecule is NC(=O)[C@H](CCC(=O)[O-])NC(=O)C1=C[C@@H](NC(=O)Nc2ccc(OC(F)(F)F)cc2)[C@@H](O)[C@H](O)C1. The molecule has 192 valence electrons. The monoisotopic (exact) mass is 503 g/mol. The molecular formula is C20H22F3N4O8-. The molecule has 1 aliphatic rings. The maximum absolute atomic E-state index is 12.5. The molecule has 0 fully saturated rings. The molecule has 12 nitrogen and oxygen atoms in total. The number of benzene rings is 1. The van der Waals surface area contributed by atoms with Gasteiger partial charge in [-0.05, 0) is 37.1 Å². The number of rotatable bonds is 9. The van der Waals surface area contributed by atoms with Crippen LogP contribution in [0.2, 0.25) is 0 Å². The molecule has 0 saturated carbocycles. The fraction of sp³-hybridized carbons (Fsp3) is 0.400. The fourth-order valence-corrected chi connectivity index (χ4v) is 3.12. The predicted molar refractivity (Wildman–Crippen MR) is 109 cm³/mol. The number of nitrogens with two attached hydrogens (primary N) is 1. The molecule has 0 saturated heterocycles. The number of nitrogens with one attached hydrogen (secondary N) is 3. The number of anilines is 1. The van der Waals surface area contributed by atoms with Crippen LogP contribution in [0.25, 0.3) is 0 Å². The van der Waals surface area contributed by atoms with Crippen LogP contribution in [0.15, 0.2) is 35.9 Å². The third kappa shape index (κ3) is 8.78. The Bertz CT molecular complexity index is 984. The lowest BCUT2D eigenvalue weighted by atomic mass is 9.90. The largest absolute Gasteiger partial charge is 0.573 e. The van der Waals surface area contributed by atoms with Crippen molar-refractivity contribution in [1.82, 2.24) is 10.6 Å². The number of carbonyl (C=O) groups is 4. The zero-order valence-electron chi connectivity index (χ0n) is 17.9. The van der Waals surface area contributed by atoms with Crippen LogP contribution >= 0.6 is 0 Å². The van der Waals surface area contributed by atoms with Gasteiger partial charge in [0.2, 0.25) is 11.8 Å². The van der Waals surface area contributed by atoms with Gasteiger partial charge in [0.15, 0.2) is 0 Å². The molecule has 15 heteroatoms. The number of aliphatic carboxylic acids is 1. The number of hydrogen-bond donors (Lipinski definition) is 6. The average molecular weight is 503 g/mol. The standard InChI is InChI=1S/C20H23F3N4O8/c21-20(22,23)35-11-3-1-10(2-4-11)25-19(34)27-13-7-9(8-14(28)16(13)31)18(33)26-12(17(24)32)5-6-15(29)30/h1-4,7,12-14,16,28,31H,5-6,8H2,(H2,24,32)(H,26,33)(H,29,30)(H2,25,27,34)/p-1/t12-,13+,14+,16+/m0/s1. The molecule has 0 radical (unpaired) electrons. The number of aliphatic hydroxyl groups is 2. The zero-order chi connectivity index (χ0) is 26.3. The van der Waals surface area contributed by atoms with Crippen molar-refractivity contribution in [2.75, 3.05) is 5.32 Å². The second kappa shape index (κ2) is 11.5. The van der Waals surface area contributed by atoms with E-state index in [1.165, 1.54) is 0 Å². The summed E-state index contributed by atoms with van der Waals surface area (Å²) in [7, 11) is 0. The Morgan fingerprint density at radius 2 is 1.80 bits per heavy atom. The van der Waals surface area contributed by atoms with E-state index in [0.717, 1.165) is 30.3 Å². The van der Waals surface area contributed by atoms with Gasteiger partial charge in [-0.15, -0.1) is 13.2 Å². The second-order valence-corrected chi connectivity index (χ2v) is 7.49. The number of urea groups is 1. The second-order valence-electron chi connectivity index (χ2n) is 7.49. The molecule has 1 aromatic carbocycles. The Balaban J connectivity index is 2.04. The average Bonchev–Trinajstić information content (AvgIpc) is 2.74. The van der Waals surface area contributed by atoms with Crippen LogP contribution in [-0.2, 0) is 14.4 Å². The third-order valence-corrected chi connectivity index (χ3v) is 4.79. The minimum atomic E-state index is -4.88. The van der Waals surface area contributed by atoms with Crippen LogP contribution in [0, 0.1) is 0 Å². The molecule has 1 aliphatic carbocycles. The van der Waals surface area contributed by atoms with E-state index in [9.17, 15) is 47.7 Å². The quantitative estimate of drug-likeness (QED) is 0.237. The van der Waals surface area contributed by atoms with Crippen molar-refractivity contribution in [2.45, 2.75) is 49.9 Å². The van der Waals surface area contributed by atoms with E-state index in [0.29, 0.717) is 0 Å². The summed E-state index contributed by atoms with van der Waals surface area (Å²) in [6.07, 6.45) is -8.00. The molecule has 0 aromatic heterocycles. The van der Waals surface area contributed by atoms with E-state index < -0.39 is 66.6 Å². The van der Waals surface area contributed by atoms with E-state index in [2.05, 4.69) is 20.7 Å². The van der Waals surface area contributed by atoms with Crippen molar-refractivity contribution in [3.05, 3.63) is 35.9 Å². The van der Waals surface area contributed by atoms with Crippen molar-refractivity contribution >= 4 is 29.5 Å². The first-order valence-corrected chi connectivity index (χ1v) is 10.1. The number of amides is 4. The molecule has 0 unspecified atom stereocenters. The first-order valence-electron chi connectivity index (χ1n) is 10.1. The first kappa shape index (κ1) is 27.4. The number of aliphatic hydroxyl groups excluding tert-OH is 2. The summed E-state index contributed by atoms with van der Waals surface area (Å²) in [5.74, 6) is -3.86. The molecule has 2 rings (SSSR count). The number of alkyl halides is 3. The topological polar surface area (TPSA) is 203 Å². The molecule has 0 aliphatic heterocycles. The highest BCUT2D eigenvalue weighted by atomic mass is 19.4. The summed E-state index contributed by atoms with van der Waals surface area (Å²) < 4.78 is 40.4. The summed E-state index contributed by atoms with van der Waals surface area (Å²) in [6.45, 7) is 0. The van der Waals surface area contributed by atoms with Crippen LogP contribution < -0.4 is 31.5 Å². The molecule has 7 N–H and O–H groups in total. The van der Waals surface area contributed by atoms with Crippen LogP contribution in [-0.4, -0.2) is 64.7 Å². The first-order chi connectivity index (χ1) is 16.2. The van der Waals surface area contributed by atoms with Crippen molar-refractivity contribution in [2.24, 2.45) is 5.73 Å². The van der Waals surface area contributed by atoms with Crippen LogP contribution in [0.5, 0.6) is 5.75 Å². The van der Waals surface area contributed by atoms with Gasteiger partial charge in [0.25, 0.3) is 0 Å². The Morgan fingerprint density at radius 3 is 2.34 bits per heavy atom. The molecule has 4 amide bonds. The Hall–Kier alpha value is -3.85. The number of carbonyl (C=O) groups excluding carboxylic acids is 4. The minimum Gasteiger partial charge on any atom is -0.550 e. The molecule has 0 heterocycles. The Kier molecular flexibility index (Phi) is 9.02. The number of hydrogen-bond acceptors (Lipinski definition) is 8. The van der Waals surface area contributed by atoms with Crippen molar-refractivity contribution in [3.63, 3.8) is 0 Å². The van der Waals surface area contributed by atoms with Gasteiger partial charge in [-0.2, -0.15) is 0 Å². The van der Waals surface area contributed by atoms with E-state index in [4.69, 9.17) is 5.73 Å². The molecule has 0 bridgehead atoms. The normalized spacial score (nSPS) is 20.7. The van der Waals surface area contributed by atoms with Gasteiger partial charge in [-0.25, -0.2) is 4.79 Å². The summed E-state index contributed by atoms with van der Waals surface area (Å²) >= 11 is 0. The fourth-order valence-electron chi connectivity index (χ4n) is 3.12. The van der Waals surface area contributed by atoms with Crippen molar-refractivity contribution in [1.29, 1.82) is 0 Å². The highest BCUT2D eigenvalue weighted by molar-refractivity contribution is 5.97. The van der Waals surface area contributed by atoms with Crippen molar-refractivity contribution < 1.29 is 52.4 Å². The summed E-state index contributed by atoms with van der Waals surface area (Å²) in [5.41, 5.74) is 5.10. The maximum atomic E-state index is 12.5. The van der Waals surface area contributed by atoms with Gasteiger partial charge in [0.05, 0.1) is 12.1 Å². The van der Waals surface area contributed by atoms with E-state index >= 15 is 0 Å². The summed E-state index contributed by atoms with van der Waals surface area (Å²) in [6, 6.07) is 0.621. The van der Waals surface area contributed by atoms with Gasteiger partial charge < -0.3 is 46.5 Å². The van der Waals surface area contributed by atoms with Gasteiger partial charge in [0.1, 0.15) is 17.9 Å². The molecule has 1 aromatic rings. The summed E-state index contributed by atoms with van der Waals surface area (Å²) in [5, 5.41) is 37.7. The van der Waals surface area contributed by atoms with Gasteiger partial charge in [0, 0.05) is 23.7 Å². The number of carboxylic acid groups (broad SMARTS) is 1. The van der Waals surface area contributed by atoms with Crippen LogP contribution in [0.4, 0.5) is 23.7 Å². The molecule has 35 heavy (non-hydrogen) atoms.